The van der Waals surface area contributed by atoms with Gasteiger partial charge in [0.2, 0.25) is 10.0 Å². The predicted octanol–water partition coefficient (Wildman–Crippen LogP) is 3.62. The van der Waals surface area contributed by atoms with Crippen molar-refractivity contribution < 1.29 is 8.42 Å². The number of para-hydroxylation sites is 1. The van der Waals surface area contributed by atoms with E-state index < -0.39 is 10.0 Å². The van der Waals surface area contributed by atoms with E-state index in [0.29, 0.717) is 10.6 Å². The first-order chi connectivity index (χ1) is 9.99. The fraction of sp³-hybridized carbons (Fsp3) is 0.250. The summed E-state index contributed by atoms with van der Waals surface area (Å²) in [5, 5.41) is 0.487. The maximum absolute atomic E-state index is 12.8. The molecule has 2 aromatic rings. The van der Waals surface area contributed by atoms with Crippen molar-refractivity contribution in [3.05, 3.63) is 64.7 Å². The molecule has 0 N–H and O–H groups in total. The lowest BCUT2D eigenvalue weighted by Gasteiger charge is -2.24. The molecular formula is C16H16ClNO2S. The Morgan fingerprint density at radius 2 is 1.81 bits per heavy atom. The zero-order chi connectivity index (χ0) is 15.0. The van der Waals surface area contributed by atoms with Crippen LogP contribution in [-0.4, -0.2) is 14.5 Å². The molecule has 0 amide bonds. The number of halogens is 1. The zero-order valence-electron chi connectivity index (χ0n) is 11.7. The Morgan fingerprint density at radius 3 is 2.57 bits per heavy atom. The Morgan fingerprint density at radius 1 is 1.14 bits per heavy atom. The van der Waals surface area contributed by atoms with Crippen molar-refractivity contribution in [2.45, 2.75) is 25.1 Å². The van der Waals surface area contributed by atoms with Gasteiger partial charge in [0.1, 0.15) is 0 Å². The molecule has 0 fully saturated rings. The van der Waals surface area contributed by atoms with Crippen LogP contribution in [0, 0.1) is 0 Å². The normalized spacial score (nSPS) is 17.8. The van der Waals surface area contributed by atoms with Gasteiger partial charge in [-0.05, 0) is 36.6 Å². The quantitative estimate of drug-likeness (QED) is 0.866. The van der Waals surface area contributed by atoms with Crippen molar-refractivity contribution in [1.29, 1.82) is 0 Å². The van der Waals surface area contributed by atoms with Gasteiger partial charge in [-0.3, -0.25) is 4.31 Å². The lowest BCUT2D eigenvalue weighted by Crippen LogP contribution is -2.36. The van der Waals surface area contributed by atoms with E-state index in [1.807, 2.05) is 31.2 Å². The molecule has 1 aliphatic heterocycles. The lowest BCUT2D eigenvalue weighted by molar-refractivity contribution is 0.583. The molecule has 5 heteroatoms. The lowest BCUT2D eigenvalue weighted by atomic mass is 10.1. The molecule has 1 atom stereocenters. The Bertz CT molecular complexity index is 773. The first-order valence-corrected chi connectivity index (χ1v) is 8.81. The van der Waals surface area contributed by atoms with E-state index in [1.54, 1.807) is 24.3 Å². The van der Waals surface area contributed by atoms with Crippen LogP contribution in [0.1, 0.15) is 18.1 Å². The van der Waals surface area contributed by atoms with Crippen molar-refractivity contribution >= 4 is 27.3 Å². The van der Waals surface area contributed by atoms with E-state index in [4.69, 9.17) is 11.6 Å². The summed E-state index contributed by atoms with van der Waals surface area (Å²) in [6.07, 6.45) is 0.748. The summed E-state index contributed by atoms with van der Waals surface area (Å²) in [7, 11) is -3.45. The summed E-state index contributed by atoms with van der Waals surface area (Å²) in [6, 6.07) is 14.7. The van der Waals surface area contributed by atoms with E-state index in [2.05, 4.69) is 0 Å². The van der Waals surface area contributed by atoms with Gasteiger partial charge in [0.15, 0.2) is 0 Å². The van der Waals surface area contributed by atoms with Crippen molar-refractivity contribution in [3.8, 4) is 0 Å². The van der Waals surface area contributed by atoms with Crippen LogP contribution < -0.4 is 4.31 Å². The van der Waals surface area contributed by atoms with Gasteiger partial charge in [-0.15, -0.1) is 0 Å². The van der Waals surface area contributed by atoms with Crippen molar-refractivity contribution in [3.63, 3.8) is 0 Å². The predicted molar refractivity (Wildman–Crippen MR) is 86.2 cm³/mol. The summed E-state index contributed by atoms with van der Waals surface area (Å²) >= 11 is 6.09. The summed E-state index contributed by atoms with van der Waals surface area (Å²) in [5.74, 6) is -0.0780. The third-order valence-corrected chi connectivity index (χ3v) is 5.94. The van der Waals surface area contributed by atoms with Crippen LogP contribution in [0.2, 0.25) is 5.02 Å². The van der Waals surface area contributed by atoms with Gasteiger partial charge < -0.3 is 0 Å². The molecule has 21 heavy (non-hydrogen) atoms. The Labute approximate surface area is 130 Å². The monoisotopic (exact) mass is 321 g/mol. The summed E-state index contributed by atoms with van der Waals surface area (Å²) in [4.78, 5) is 0. The average molecular weight is 322 g/mol. The number of anilines is 1. The first-order valence-electron chi connectivity index (χ1n) is 6.82. The minimum absolute atomic E-state index is 0.0603. The van der Waals surface area contributed by atoms with Crippen molar-refractivity contribution in [2.24, 2.45) is 0 Å². The summed E-state index contributed by atoms with van der Waals surface area (Å²) < 4.78 is 27.1. The molecule has 3 rings (SSSR count). The number of nitrogens with zero attached hydrogens (tertiary/aromatic N) is 1. The molecule has 1 aliphatic rings. The van der Waals surface area contributed by atoms with Gasteiger partial charge in [0.05, 0.1) is 11.4 Å². The Kier molecular flexibility index (Phi) is 3.68. The van der Waals surface area contributed by atoms with Gasteiger partial charge in [-0.1, -0.05) is 48.0 Å². The zero-order valence-corrected chi connectivity index (χ0v) is 13.2. The van der Waals surface area contributed by atoms with Gasteiger partial charge in [-0.25, -0.2) is 8.42 Å². The molecule has 0 aliphatic carbocycles. The van der Waals surface area contributed by atoms with E-state index in [-0.39, 0.29) is 11.8 Å². The molecule has 0 saturated carbocycles. The van der Waals surface area contributed by atoms with Crippen LogP contribution in [0.4, 0.5) is 5.69 Å². The van der Waals surface area contributed by atoms with Crippen LogP contribution >= 0.6 is 11.6 Å². The molecule has 0 unspecified atom stereocenters. The highest BCUT2D eigenvalue weighted by molar-refractivity contribution is 7.92. The van der Waals surface area contributed by atoms with Crippen molar-refractivity contribution in [2.75, 3.05) is 4.31 Å². The number of hydrogen-bond donors (Lipinski definition) is 0. The van der Waals surface area contributed by atoms with Gasteiger partial charge in [-0.2, -0.15) is 0 Å². The number of rotatable bonds is 3. The van der Waals surface area contributed by atoms with Gasteiger partial charge in [0, 0.05) is 11.1 Å². The maximum Gasteiger partial charge on any atom is 0.239 e. The second-order valence-corrected chi connectivity index (χ2v) is 7.58. The van der Waals surface area contributed by atoms with Crippen LogP contribution in [0.25, 0.3) is 0 Å². The van der Waals surface area contributed by atoms with Crippen LogP contribution in [0.5, 0.6) is 0 Å². The molecule has 0 aromatic heterocycles. The summed E-state index contributed by atoms with van der Waals surface area (Å²) in [6.45, 7) is 1.93. The van der Waals surface area contributed by atoms with E-state index in [9.17, 15) is 8.42 Å². The smallest absolute Gasteiger partial charge is 0.239 e. The third-order valence-electron chi connectivity index (χ3n) is 3.74. The van der Waals surface area contributed by atoms with Gasteiger partial charge in [0.25, 0.3) is 0 Å². The largest absolute Gasteiger partial charge is 0.267 e. The molecule has 3 nitrogen and oxygen atoms in total. The second kappa shape index (κ2) is 5.35. The maximum atomic E-state index is 12.8. The SMILES string of the molecule is C[C@@H]1Cc2ccccc2N1S(=O)(=O)Cc1ccccc1Cl. The topological polar surface area (TPSA) is 37.4 Å². The van der Waals surface area contributed by atoms with Crippen molar-refractivity contribution in [1.82, 2.24) is 0 Å². The molecular weight excluding hydrogens is 306 g/mol. The second-order valence-electron chi connectivity index (χ2n) is 5.33. The van der Waals surface area contributed by atoms with E-state index in [1.165, 1.54) is 4.31 Å². The number of sulfonamides is 1. The fourth-order valence-corrected chi connectivity index (χ4v) is 5.01. The molecule has 0 saturated heterocycles. The fourth-order valence-electron chi connectivity index (χ4n) is 2.84. The molecule has 0 radical (unpaired) electrons. The molecule has 0 bridgehead atoms. The standard InChI is InChI=1S/C16H16ClNO2S/c1-12-10-13-6-3-5-9-16(13)18(12)21(19,20)11-14-7-2-4-8-15(14)17/h2-9,12H,10-11H2,1H3/t12-/m1/s1. The molecule has 2 aromatic carbocycles. The molecule has 1 heterocycles. The number of fused-ring (bicyclic) bond motifs is 1. The Hall–Kier alpha value is -1.52. The minimum atomic E-state index is -3.45. The van der Waals surface area contributed by atoms with Gasteiger partial charge >= 0.3 is 0 Å². The number of benzene rings is 2. The molecule has 0 spiro atoms. The highest BCUT2D eigenvalue weighted by Crippen LogP contribution is 2.35. The van der Waals surface area contributed by atoms with E-state index >= 15 is 0 Å². The van der Waals surface area contributed by atoms with Crippen LogP contribution in [0.15, 0.2) is 48.5 Å². The highest BCUT2D eigenvalue weighted by atomic mass is 35.5. The average Bonchev–Trinajstić information content (AvgIpc) is 2.77. The van der Waals surface area contributed by atoms with Crippen LogP contribution in [0.3, 0.4) is 0 Å². The highest BCUT2D eigenvalue weighted by Gasteiger charge is 2.34. The Balaban J connectivity index is 1.98. The summed E-state index contributed by atoms with van der Waals surface area (Å²) in [5.41, 5.74) is 2.50. The molecule has 110 valence electrons. The third kappa shape index (κ3) is 2.65. The van der Waals surface area contributed by atoms with Crippen LogP contribution in [-0.2, 0) is 22.2 Å². The number of hydrogen-bond acceptors (Lipinski definition) is 2. The minimum Gasteiger partial charge on any atom is -0.267 e. The first kappa shape index (κ1) is 14.4. The van der Waals surface area contributed by atoms with E-state index in [0.717, 1.165) is 17.7 Å².